The zero-order valence-electron chi connectivity index (χ0n) is 15.3. The van der Waals surface area contributed by atoms with Gasteiger partial charge in [-0.3, -0.25) is 0 Å². The molecule has 1 rings (SSSR count). The van der Waals surface area contributed by atoms with Crippen LogP contribution in [0, 0.1) is 0 Å². The minimum absolute atomic E-state index is 0.0213. The number of hydrogen-bond donors (Lipinski definition) is 2. The van der Waals surface area contributed by atoms with Crippen molar-refractivity contribution in [3.8, 4) is 0 Å². The van der Waals surface area contributed by atoms with E-state index in [1.807, 2.05) is 13.0 Å². The Morgan fingerprint density at radius 1 is 0.917 bits per heavy atom. The fraction of sp³-hybridized carbons (Fsp3) is 0.600. The van der Waals surface area contributed by atoms with Gasteiger partial charge in [-0.15, -0.1) is 0 Å². The minimum Gasteiger partial charge on any atom is -0.478 e. The lowest BCUT2D eigenvalue weighted by atomic mass is 9.80. The molecule has 2 N–H and O–H groups in total. The first-order valence-electron chi connectivity index (χ1n) is 8.98. The van der Waals surface area contributed by atoms with Crippen LogP contribution in [0.3, 0.4) is 0 Å². The maximum Gasteiger partial charge on any atom is 0.336 e. The lowest BCUT2D eigenvalue weighted by Crippen LogP contribution is -2.16. The van der Waals surface area contributed by atoms with Gasteiger partial charge < -0.3 is 10.2 Å². The first-order valence-corrected chi connectivity index (χ1v) is 8.98. The molecule has 1 aromatic carbocycles. The van der Waals surface area contributed by atoms with Crippen LogP contribution in [-0.2, 0) is 0 Å². The molecule has 0 saturated heterocycles. The lowest BCUT2D eigenvalue weighted by molar-refractivity contribution is 0.0650. The second-order valence-corrected chi connectivity index (χ2v) is 6.69. The second kappa shape index (κ2) is 9.45. The summed E-state index contributed by atoms with van der Waals surface area (Å²) in [6, 6.07) is 3.29. The topological polar surface area (TPSA) is 74.6 Å². The summed E-state index contributed by atoms with van der Waals surface area (Å²) < 4.78 is 0. The van der Waals surface area contributed by atoms with Crippen LogP contribution in [0.25, 0.3) is 0 Å². The van der Waals surface area contributed by atoms with E-state index < -0.39 is 11.9 Å². The van der Waals surface area contributed by atoms with Gasteiger partial charge in [-0.2, -0.15) is 0 Å². The molecule has 24 heavy (non-hydrogen) atoms. The first kappa shape index (κ1) is 20.2. The average Bonchev–Trinajstić information content (AvgIpc) is 2.55. The Labute approximate surface area is 144 Å². The summed E-state index contributed by atoms with van der Waals surface area (Å²) in [7, 11) is 0. The van der Waals surface area contributed by atoms with Gasteiger partial charge in [0, 0.05) is 0 Å². The molecular weight excluding hydrogens is 304 g/mol. The van der Waals surface area contributed by atoms with Crippen molar-refractivity contribution >= 4 is 11.9 Å². The van der Waals surface area contributed by atoms with Gasteiger partial charge >= 0.3 is 11.9 Å². The van der Waals surface area contributed by atoms with Crippen molar-refractivity contribution in [3.63, 3.8) is 0 Å². The SMILES string of the molecule is CCCCC(C)c1ccc(C(=O)O)c(C(=O)O)c1C(C)CCCC. The summed E-state index contributed by atoms with van der Waals surface area (Å²) in [5, 5.41) is 19.1. The predicted molar refractivity (Wildman–Crippen MR) is 96.2 cm³/mol. The van der Waals surface area contributed by atoms with Gasteiger partial charge in [0.1, 0.15) is 0 Å². The van der Waals surface area contributed by atoms with Crippen LogP contribution in [0.5, 0.6) is 0 Å². The molecule has 4 nitrogen and oxygen atoms in total. The molecule has 0 aliphatic carbocycles. The normalized spacial score (nSPS) is 13.5. The van der Waals surface area contributed by atoms with Crippen molar-refractivity contribution in [2.75, 3.05) is 0 Å². The van der Waals surface area contributed by atoms with E-state index in [2.05, 4.69) is 20.8 Å². The minimum atomic E-state index is -1.18. The Hall–Kier alpha value is -1.84. The van der Waals surface area contributed by atoms with E-state index in [0.717, 1.165) is 49.7 Å². The van der Waals surface area contributed by atoms with Crippen LogP contribution in [0.15, 0.2) is 12.1 Å². The molecule has 0 aliphatic rings. The number of rotatable bonds is 10. The summed E-state index contributed by atoms with van der Waals surface area (Å²) in [4.78, 5) is 23.4. The van der Waals surface area contributed by atoms with Crippen LogP contribution >= 0.6 is 0 Å². The van der Waals surface area contributed by atoms with Gasteiger partial charge in [-0.1, -0.05) is 59.4 Å². The Kier molecular flexibility index (Phi) is 7.96. The zero-order chi connectivity index (χ0) is 18.3. The Bertz CT molecular complexity index is 577. The van der Waals surface area contributed by atoms with Crippen LogP contribution in [-0.4, -0.2) is 22.2 Å². The van der Waals surface area contributed by atoms with E-state index in [0.29, 0.717) is 0 Å². The number of carboxylic acid groups (broad SMARTS) is 2. The summed E-state index contributed by atoms with van der Waals surface area (Å²) in [5.74, 6) is -2.06. The standard InChI is InChI=1S/C20H30O4/c1-5-7-9-13(3)15-11-12-16(19(21)22)18(20(23)24)17(15)14(4)10-8-6-2/h11-14H,5-10H2,1-4H3,(H,21,22)(H,23,24). The molecule has 0 amide bonds. The molecule has 134 valence electrons. The maximum atomic E-state index is 11.9. The van der Waals surface area contributed by atoms with Crippen LogP contribution in [0.4, 0.5) is 0 Å². The number of benzene rings is 1. The Morgan fingerprint density at radius 2 is 1.46 bits per heavy atom. The molecule has 2 atom stereocenters. The molecule has 0 aromatic heterocycles. The molecule has 0 bridgehead atoms. The smallest absolute Gasteiger partial charge is 0.336 e. The van der Waals surface area contributed by atoms with Gasteiger partial charge in [0.25, 0.3) is 0 Å². The summed E-state index contributed by atoms with van der Waals surface area (Å²) in [6.07, 6.45) is 6.05. The van der Waals surface area contributed by atoms with E-state index in [-0.39, 0.29) is 23.0 Å². The fourth-order valence-corrected chi connectivity index (χ4v) is 3.33. The van der Waals surface area contributed by atoms with Crippen LogP contribution in [0.2, 0.25) is 0 Å². The zero-order valence-corrected chi connectivity index (χ0v) is 15.3. The van der Waals surface area contributed by atoms with Gasteiger partial charge in [-0.25, -0.2) is 9.59 Å². The third-order valence-electron chi connectivity index (χ3n) is 4.73. The third-order valence-corrected chi connectivity index (χ3v) is 4.73. The molecule has 0 fully saturated rings. The molecule has 0 aliphatic heterocycles. The van der Waals surface area contributed by atoms with Gasteiger partial charge in [0.2, 0.25) is 0 Å². The van der Waals surface area contributed by atoms with Crippen LogP contribution in [0.1, 0.15) is 110 Å². The Balaban J connectivity index is 3.49. The molecule has 0 saturated carbocycles. The monoisotopic (exact) mass is 334 g/mol. The molecule has 4 heteroatoms. The predicted octanol–water partition coefficient (Wildman–Crippen LogP) is 5.67. The molecule has 0 spiro atoms. The average molecular weight is 334 g/mol. The maximum absolute atomic E-state index is 11.9. The van der Waals surface area contributed by atoms with E-state index >= 15 is 0 Å². The van der Waals surface area contributed by atoms with Crippen molar-refractivity contribution in [2.24, 2.45) is 0 Å². The molecular formula is C20H30O4. The van der Waals surface area contributed by atoms with E-state index in [9.17, 15) is 19.8 Å². The molecule has 1 aromatic rings. The fourth-order valence-electron chi connectivity index (χ4n) is 3.33. The first-order chi connectivity index (χ1) is 11.3. The van der Waals surface area contributed by atoms with Crippen molar-refractivity contribution in [1.82, 2.24) is 0 Å². The second-order valence-electron chi connectivity index (χ2n) is 6.69. The van der Waals surface area contributed by atoms with E-state index in [1.165, 1.54) is 6.07 Å². The molecule has 0 radical (unpaired) electrons. The highest BCUT2D eigenvalue weighted by atomic mass is 16.4. The number of carboxylic acids is 2. The number of aromatic carboxylic acids is 2. The number of unbranched alkanes of at least 4 members (excludes halogenated alkanes) is 2. The highest BCUT2D eigenvalue weighted by Gasteiger charge is 2.27. The highest BCUT2D eigenvalue weighted by Crippen LogP contribution is 2.36. The third kappa shape index (κ3) is 4.83. The molecule has 0 heterocycles. The van der Waals surface area contributed by atoms with Gasteiger partial charge in [0.05, 0.1) is 11.1 Å². The largest absolute Gasteiger partial charge is 0.478 e. The van der Waals surface area contributed by atoms with E-state index in [4.69, 9.17) is 0 Å². The number of hydrogen-bond acceptors (Lipinski definition) is 2. The summed E-state index contributed by atoms with van der Waals surface area (Å²) >= 11 is 0. The van der Waals surface area contributed by atoms with Gasteiger partial charge in [0.15, 0.2) is 0 Å². The van der Waals surface area contributed by atoms with Crippen molar-refractivity contribution in [2.45, 2.75) is 78.1 Å². The Morgan fingerprint density at radius 3 is 1.92 bits per heavy atom. The van der Waals surface area contributed by atoms with Crippen molar-refractivity contribution in [3.05, 3.63) is 34.4 Å². The summed E-state index contributed by atoms with van der Waals surface area (Å²) in [5.41, 5.74) is 1.59. The quantitative estimate of drug-likeness (QED) is 0.578. The van der Waals surface area contributed by atoms with Crippen LogP contribution < -0.4 is 0 Å². The highest BCUT2D eigenvalue weighted by molar-refractivity contribution is 6.03. The van der Waals surface area contributed by atoms with E-state index in [1.54, 1.807) is 0 Å². The van der Waals surface area contributed by atoms with Crippen molar-refractivity contribution < 1.29 is 19.8 Å². The molecule has 2 unspecified atom stereocenters. The summed E-state index contributed by atoms with van der Waals surface area (Å²) in [6.45, 7) is 8.35. The lowest BCUT2D eigenvalue weighted by Gasteiger charge is -2.24. The van der Waals surface area contributed by atoms with Gasteiger partial charge in [-0.05, 0) is 41.9 Å². The van der Waals surface area contributed by atoms with Crippen molar-refractivity contribution in [1.29, 1.82) is 0 Å². The number of carbonyl (C=O) groups is 2.